The van der Waals surface area contributed by atoms with E-state index in [1.807, 2.05) is 36.5 Å². The van der Waals surface area contributed by atoms with Crippen LogP contribution in [0.3, 0.4) is 0 Å². The molecule has 0 saturated carbocycles. The third-order valence-electron chi connectivity index (χ3n) is 4.76. The number of aromatic nitrogens is 1. The van der Waals surface area contributed by atoms with Crippen molar-refractivity contribution in [3.05, 3.63) is 42.2 Å². The van der Waals surface area contributed by atoms with Crippen molar-refractivity contribution in [2.45, 2.75) is 37.9 Å². The minimum absolute atomic E-state index is 0.0337. The molecule has 1 saturated heterocycles. The summed E-state index contributed by atoms with van der Waals surface area (Å²) in [6.07, 6.45) is 8.47. The lowest BCUT2D eigenvalue weighted by molar-refractivity contribution is 0.184. The molecule has 130 valence electrons. The van der Waals surface area contributed by atoms with Crippen LogP contribution in [0.5, 0.6) is 0 Å². The lowest BCUT2D eigenvalue weighted by Gasteiger charge is -2.32. The molecule has 2 atom stereocenters. The van der Waals surface area contributed by atoms with Crippen LogP contribution in [0.25, 0.3) is 0 Å². The SMILES string of the molecule is O=C(NC1CCN(Cc2ccccn2)CC1)N[C@@H]1C=C[C@H](CO)C1. The molecule has 1 aliphatic carbocycles. The second kappa shape index (κ2) is 8.26. The molecule has 1 aromatic heterocycles. The molecule has 1 aliphatic heterocycles. The number of nitrogens with one attached hydrogen (secondary N) is 2. The Morgan fingerprint density at radius 1 is 1.25 bits per heavy atom. The van der Waals surface area contributed by atoms with Crippen molar-refractivity contribution in [2.75, 3.05) is 19.7 Å². The molecule has 2 amide bonds. The number of piperidine rings is 1. The summed E-state index contributed by atoms with van der Waals surface area (Å²) in [5.74, 6) is 0.171. The highest BCUT2D eigenvalue weighted by Crippen LogP contribution is 2.17. The van der Waals surface area contributed by atoms with E-state index in [4.69, 9.17) is 5.11 Å². The number of pyridine rings is 1. The van der Waals surface area contributed by atoms with E-state index in [9.17, 15) is 4.79 Å². The number of amides is 2. The van der Waals surface area contributed by atoms with E-state index < -0.39 is 0 Å². The van der Waals surface area contributed by atoms with Crippen LogP contribution in [0.4, 0.5) is 4.79 Å². The molecule has 2 heterocycles. The van der Waals surface area contributed by atoms with Gasteiger partial charge in [0.2, 0.25) is 0 Å². The maximum Gasteiger partial charge on any atom is 0.315 e. The Labute approximate surface area is 143 Å². The standard InChI is InChI=1S/C18H26N4O2/c23-13-14-4-5-16(11-14)21-18(24)20-15-6-9-22(10-7-15)12-17-3-1-2-8-19-17/h1-5,8,14-16,23H,6-7,9-13H2,(H2,20,21,24)/t14-,16+/m0/s1. The van der Waals surface area contributed by atoms with E-state index in [0.29, 0.717) is 0 Å². The summed E-state index contributed by atoms with van der Waals surface area (Å²) < 4.78 is 0. The molecular weight excluding hydrogens is 304 g/mol. The van der Waals surface area contributed by atoms with Crippen molar-refractivity contribution in [3.8, 4) is 0 Å². The quantitative estimate of drug-likeness (QED) is 0.711. The van der Waals surface area contributed by atoms with Gasteiger partial charge in [-0.25, -0.2) is 4.79 Å². The monoisotopic (exact) mass is 330 g/mol. The number of aliphatic hydroxyl groups is 1. The molecular formula is C18H26N4O2. The van der Waals surface area contributed by atoms with Crippen LogP contribution in [-0.2, 0) is 6.54 Å². The lowest BCUT2D eigenvalue weighted by Crippen LogP contribution is -2.49. The molecule has 0 aromatic carbocycles. The average Bonchev–Trinajstić information content (AvgIpc) is 3.05. The lowest BCUT2D eigenvalue weighted by atomic mass is 10.0. The van der Waals surface area contributed by atoms with Gasteiger partial charge in [0.1, 0.15) is 0 Å². The fraction of sp³-hybridized carbons (Fsp3) is 0.556. The van der Waals surface area contributed by atoms with Crippen molar-refractivity contribution in [1.29, 1.82) is 0 Å². The predicted molar refractivity (Wildman–Crippen MR) is 92.3 cm³/mol. The first-order valence-corrected chi connectivity index (χ1v) is 8.71. The smallest absolute Gasteiger partial charge is 0.315 e. The summed E-state index contributed by atoms with van der Waals surface area (Å²) in [4.78, 5) is 18.8. The van der Waals surface area contributed by atoms with Crippen LogP contribution in [0.2, 0.25) is 0 Å². The molecule has 1 fully saturated rings. The molecule has 3 N–H and O–H groups in total. The molecule has 1 aromatic rings. The second-order valence-corrected chi connectivity index (χ2v) is 6.66. The van der Waals surface area contributed by atoms with E-state index in [0.717, 1.165) is 44.6 Å². The zero-order valence-electron chi connectivity index (χ0n) is 13.9. The first-order chi connectivity index (χ1) is 11.7. The van der Waals surface area contributed by atoms with Crippen LogP contribution in [0.1, 0.15) is 25.0 Å². The van der Waals surface area contributed by atoms with Crippen molar-refractivity contribution >= 4 is 6.03 Å². The van der Waals surface area contributed by atoms with Crippen molar-refractivity contribution < 1.29 is 9.90 Å². The molecule has 6 nitrogen and oxygen atoms in total. The number of rotatable bonds is 5. The van der Waals surface area contributed by atoms with Gasteiger partial charge in [-0.2, -0.15) is 0 Å². The van der Waals surface area contributed by atoms with E-state index >= 15 is 0 Å². The van der Waals surface area contributed by atoms with Gasteiger partial charge in [0, 0.05) is 50.4 Å². The largest absolute Gasteiger partial charge is 0.396 e. The molecule has 2 aliphatic rings. The van der Waals surface area contributed by atoms with E-state index in [2.05, 4.69) is 20.5 Å². The fourth-order valence-corrected chi connectivity index (χ4v) is 3.37. The number of aliphatic hydroxyl groups excluding tert-OH is 1. The molecule has 0 unspecified atom stereocenters. The summed E-state index contributed by atoms with van der Waals surface area (Å²) in [7, 11) is 0. The van der Waals surface area contributed by atoms with Gasteiger partial charge in [-0.05, 0) is 31.4 Å². The Bertz CT molecular complexity index is 555. The number of urea groups is 1. The predicted octanol–water partition coefficient (Wildman–Crippen LogP) is 1.28. The van der Waals surface area contributed by atoms with Crippen LogP contribution in [0, 0.1) is 5.92 Å². The Kier molecular flexibility index (Phi) is 5.82. The van der Waals surface area contributed by atoms with E-state index in [1.54, 1.807) is 0 Å². The first kappa shape index (κ1) is 16.9. The summed E-state index contributed by atoms with van der Waals surface area (Å²) in [6.45, 7) is 2.95. The first-order valence-electron chi connectivity index (χ1n) is 8.71. The van der Waals surface area contributed by atoms with Gasteiger partial charge in [-0.1, -0.05) is 18.2 Å². The summed E-state index contributed by atoms with van der Waals surface area (Å²) in [6, 6.07) is 6.15. The van der Waals surface area contributed by atoms with Crippen molar-refractivity contribution in [2.24, 2.45) is 5.92 Å². The maximum atomic E-state index is 12.1. The number of carbonyl (C=O) groups excluding carboxylic acids is 1. The number of hydrogen-bond acceptors (Lipinski definition) is 4. The van der Waals surface area contributed by atoms with Crippen LogP contribution in [0.15, 0.2) is 36.5 Å². The highest BCUT2D eigenvalue weighted by molar-refractivity contribution is 5.74. The van der Waals surface area contributed by atoms with Gasteiger partial charge < -0.3 is 15.7 Å². The van der Waals surface area contributed by atoms with Crippen LogP contribution < -0.4 is 10.6 Å². The fourth-order valence-electron chi connectivity index (χ4n) is 3.37. The summed E-state index contributed by atoms with van der Waals surface area (Å²) in [5, 5.41) is 15.2. The van der Waals surface area contributed by atoms with Gasteiger partial charge in [0.15, 0.2) is 0 Å². The second-order valence-electron chi connectivity index (χ2n) is 6.66. The van der Waals surface area contributed by atoms with Crippen LogP contribution in [-0.4, -0.2) is 52.8 Å². The molecule has 0 spiro atoms. The Balaban J connectivity index is 1.36. The number of hydrogen-bond donors (Lipinski definition) is 3. The Morgan fingerprint density at radius 2 is 2.08 bits per heavy atom. The number of nitrogens with zero attached hydrogens (tertiary/aromatic N) is 2. The topological polar surface area (TPSA) is 77.5 Å². The van der Waals surface area contributed by atoms with Gasteiger partial charge in [-0.3, -0.25) is 9.88 Å². The molecule has 24 heavy (non-hydrogen) atoms. The van der Waals surface area contributed by atoms with Gasteiger partial charge >= 0.3 is 6.03 Å². The minimum Gasteiger partial charge on any atom is -0.396 e. The molecule has 0 bridgehead atoms. The third kappa shape index (κ3) is 4.79. The van der Waals surface area contributed by atoms with Crippen LogP contribution >= 0.6 is 0 Å². The zero-order chi connectivity index (χ0) is 16.8. The highest BCUT2D eigenvalue weighted by Gasteiger charge is 2.23. The third-order valence-corrected chi connectivity index (χ3v) is 4.76. The summed E-state index contributed by atoms with van der Waals surface area (Å²) in [5.41, 5.74) is 1.09. The van der Waals surface area contributed by atoms with Crippen molar-refractivity contribution in [1.82, 2.24) is 20.5 Å². The average molecular weight is 330 g/mol. The molecule has 3 rings (SSSR count). The highest BCUT2D eigenvalue weighted by atomic mass is 16.3. The van der Waals surface area contributed by atoms with Crippen molar-refractivity contribution in [3.63, 3.8) is 0 Å². The van der Waals surface area contributed by atoms with Gasteiger partial charge in [0.05, 0.1) is 5.69 Å². The number of carbonyl (C=O) groups is 1. The minimum atomic E-state index is -0.105. The van der Waals surface area contributed by atoms with E-state index in [1.165, 1.54) is 0 Å². The number of likely N-dealkylation sites (tertiary alicyclic amines) is 1. The normalized spacial score (nSPS) is 24.9. The Morgan fingerprint density at radius 3 is 2.75 bits per heavy atom. The summed E-state index contributed by atoms with van der Waals surface area (Å²) >= 11 is 0. The molecule has 0 radical (unpaired) electrons. The maximum absolute atomic E-state index is 12.1. The molecule has 6 heteroatoms. The van der Waals surface area contributed by atoms with Gasteiger partial charge in [-0.15, -0.1) is 0 Å². The zero-order valence-corrected chi connectivity index (χ0v) is 13.9. The van der Waals surface area contributed by atoms with E-state index in [-0.39, 0.29) is 30.6 Å². The Hall–Kier alpha value is -1.92. The van der Waals surface area contributed by atoms with Gasteiger partial charge in [0.25, 0.3) is 0 Å².